The average molecular weight is 200 g/mol. The van der Waals surface area contributed by atoms with Crippen LogP contribution >= 0.6 is 11.6 Å². The summed E-state index contributed by atoms with van der Waals surface area (Å²) >= 11 is 5.51. The molecule has 0 unspecified atom stereocenters. The van der Waals surface area contributed by atoms with Crippen LogP contribution in [-0.2, 0) is 6.42 Å². The van der Waals surface area contributed by atoms with Crippen molar-refractivity contribution in [2.45, 2.75) is 12.8 Å². The molecule has 0 amide bonds. The fourth-order valence-electron chi connectivity index (χ4n) is 1.16. The third-order valence-corrected chi connectivity index (χ3v) is 2.04. The van der Waals surface area contributed by atoms with Gasteiger partial charge < -0.3 is 0 Å². The van der Waals surface area contributed by atoms with E-state index >= 15 is 0 Å². The summed E-state index contributed by atoms with van der Waals surface area (Å²) in [5.74, 6) is 0.534. The van der Waals surface area contributed by atoms with E-state index in [-0.39, 0.29) is 10.6 Å². The lowest BCUT2D eigenvalue weighted by Gasteiger charge is -1.99. The molecule has 1 rings (SSSR count). The lowest BCUT2D eigenvalue weighted by Crippen LogP contribution is -1.95. The SMILES string of the molecule is O=[N+]([O-])c1ccccc1CCCCl. The molecule has 0 aliphatic carbocycles. The van der Waals surface area contributed by atoms with Gasteiger partial charge in [0.25, 0.3) is 5.69 Å². The Kier molecular flexibility index (Phi) is 3.71. The Labute approximate surface area is 81.5 Å². The predicted octanol–water partition coefficient (Wildman–Crippen LogP) is 2.77. The second-order valence-electron chi connectivity index (χ2n) is 2.68. The summed E-state index contributed by atoms with van der Waals surface area (Å²) in [5, 5.41) is 10.6. The number of hydrogen-bond donors (Lipinski definition) is 0. The third kappa shape index (κ3) is 2.70. The van der Waals surface area contributed by atoms with E-state index in [0.717, 1.165) is 12.0 Å². The molecule has 13 heavy (non-hydrogen) atoms. The summed E-state index contributed by atoms with van der Waals surface area (Å²) in [7, 11) is 0. The smallest absolute Gasteiger partial charge is 0.258 e. The number of nitrogens with zero attached hydrogens (tertiary/aromatic N) is 1. The highest BCUT2D eigenvalue weighted by Gasteiger charge is 2.10. The van der Waals surface area contributed by atoms with Crippen molar-refractivity contribution in [3.05, 3.63) is 39.9 Å². The fraction of sp³-hybridized carbons (Fsp3) is 0.333. The molecule has 0 bridgehead atoms. The average Bonchev–Trinajstić information content (AvgIpc) is 2.15. The first kappa shape index (κ1) is 9.99. The molecule has 0 aliphatic rings. The van der Waals surface area contributed by atoms with Gasteiger partial charge in [0.1, 0.15) is 0 Å². The first-order chi connectivity index (χ1) is 6.25. The topological polar surface area (TPSA) is 43.1 Å². The van der Waals surface area contributed by atoms with Crippen molar-refractivity contribution < 1.29 is 4.92 Å². The van der Waals surface area contributed by atoms with E-state index in [4.69, 9.17) is 11.6 Å². The summed E-state index contributed by atoms with van der Waals surface area (Å²) in [6.45, 7) is 0. The van der Waals surface area contributed by atoms with Gasteiger partial charge in [-0.05, 0) is 12.8 Å². The zero-order valence-electron chi connectivity index (χ0n) is 7.07. The van der Waals surface area contributed by atoms with Crippen LogP contribution in [0.15, 0.2) is 24.3 Å². The molecule has 0 heterocycles. The number of nitro benzene ring substituents is 1. The van der Waals surface area contributed by atoms with Gasteiger partial charge in [-0.2, -0.15) is 0 Å². The highest BCUT2D eigenvalue weighted by molar-refractivity contribution is 6.17. The number of hydrogen-bond acceptors (Lipinski definition) is 2. The van der Waals surface area contributed by atoms with Crippen molar-refractivity contribution in [1.82, 2.24) is 0 Å². The number of aryl methyl sites for hydroxylation is 1. The van der Waals surface area contributed by atoms with Gasteiger partial charge in [0.2, 0.25) is 0 Å². The van der Waals surface area contributed by atoms with Crippen LogP contribution < -0.4 is 0 Å². The van der Waals surface area contributed by atoms with Crippen LogP contribution in [0, 0.1) is 10.1 Å². The molecule has 0 radical (unpaired) electrons. The monoisotopic (exact) mass is 199 g/mol. The molecule has 0 N–H and O–H groups in total. The minimum Gasteiger partial charge on any atom is -0.258 e. The number of alkyl halides is 1. The van der Waals surface area contributed by atoms with Crippen LogP contribution in [0.1, 0.15) is 12.0 Å². The maximum Gasteiger partial charge on any atom is 0.272 e. The van der Waals surface area contributed by atoms with Gasteiger partial charge in [0.05, 0.1) is 4.92 Å². The number of rotatable bonds is 4. The molecule has 4 heteroatoms. The third-order valence-electron chi connectivity index (χ3n) is 1.77. The van der Waals surface area contributed by atoms with Crippen LogP contribution in [0.4, 0.5) is 5.69 Å². The molecule has 0 fully saturated rings. The fourth-order valence-corrected chi connectivity index (χ4v) is 1.29. The number of halogens is 1. The minimum absolute atomic E-state index is 0.188. The molecular weight excluding hydrogens is 190 g/mol. The zero-order valence-corrected chi connectivity index (χ0v) is 7.83. The van der Waals surface area contributed by atoms with Crippen LogP contribution in [0.25, 0.3) is 0 Å². The van der Waals surface area contributed by atoms with Crippen molar-refractivity contribution >= 4 is 17.3 Å². The summed E-state index contributed by atoms with van der Waals surface area (Å²) in [6.07, 6.45) is 1.44. The molecule has 0 saturated carbocycles. The van der Waals surface area contributed by atoms with Crippen molar-refractivity contribution in [3.63, 3.8) is 0 Å². The molecule has 0 spiro atoms. The molecule has 70 valence electrons. The van der Waals surface area contributed by atoms with Crippen LogP contribution in [0.5, 0.6) is 0 Å². The van der Waals surface area contributed by atoms with Crippen molar-refractivity contribution in [1.29, 1.82) is 0 Å². The quantitative estimate of drug-likeness (QED) is 0.425. The lowest BCUT2D eigenvalue weighted by molar-refractivity contribution is -0.385. The zero-order chi connectivity index (χ0) is 9.68. The van der Waals surface area contributed by atoms with E-state index in [0.29, 0.717) is 12.3 Å². The first-order valence-electron chi connectivity index (χ1n) is 4.04. The lowest BCUT2D eigenvalue weighted by atomic mass is 10.1. The first-order valence-corrected chi connectivity index (χ1v) is 4.57. The van der Waals surface area contributed by atoms with E-state index in [1.54, 1.807) is 18.2 Å². The van der Waals surface area contributed by atoms with Crippen molar-refractivity contribution in [3.8, 4) is 0 Å². The Morgan fingerprint density at radius 2 is 2.08 bits per heavy atom. The second-order valence-corrected chi connectivity index (χ2v) is 3.06. The Balaban J connectivity index is 2.84. The maximum atomic E-state index is 10.6. The van der Waals surface area contributed by atoms with Crippen LogP contribution in [0.3, 0.4) is 0 Å². The van der Waals surface area contributed by atoms with E-state index in [9.17, 15) is 10.1 Å². The number of para-hydroxylation sites is 1. The van der Waals surface area contributed by atoms with E-state index in [2.05, 4.69) is 0 Å². The van der Waals surface area contributed by atoms with Gasteiger partial charge in [-0.1, -0.05) is 18.2 Å². The molecule has 1 aromatic carbocycles. The summed E-state index contributed by atoms with van der Waals surface area (Å²) in [5.41, 5.74) is 0.945. The summed E-state index contributed by atoms with van der Waals surface area (Å²) in [4.78, 5) is 10.2. The Morgan fingerprint density at radius 3 is 2.69 bits per heavy atom. The van der Waals surface area contributed by atoms with Gasteiger partial charge in [-0.3, -0.25) is 10.1 Å². The van der Waals surface area contributed by atoms with Gasteiger partial charge >= 0.3 is 0 Å². The molecule has 0 saturated heterocycles. The molecule has 3 nitrogen and oxygen atoms in total. The maximum absolute atomic E-state index is 10.6. The number of nitro groups is 1. The number of benzene rings is 1. The van der Waals surface area contributed by atoms with Crippen molar-refractivity contribution in [2.75, 3.05) is 5.88 Å². The predicted molar refractivity (Wildman–Crippen MR) is 52.1 cm³/mol. The van der Waals surface area contributed by atoms with Gasteiger partial charge in [-0.25, -0.2) is 0 Å². The summed E-state index contributed by atoms with van der Waals surface area (Å²) in [6, 6.07) is 6.76. The molecule has 0 aliphatic heterocycles. The summed E-state index contributed by atoms with van der Waals surface area (Å²) < 4.78 is 0. The van der Waals surface area contributed by atoms with E-state index in [1.165, 1.54) is 6.07 Å². The molecular formula is C9H10ClNO2. The van der Waals surface area contributed by atoms with E-state index < -0.39 is 0 Å². The highest BCUT2D eigenvalue weighted by Crippen LogP contribution is 2.18. The Morgan fingerprint density at radius 1 is 1.38 bits per heavy atom. The van der Waals surface area contributed by atoms with Gasteiger partial charge in [0, 0.05) is 17.5 Å². The van der Waals surface area contributed by atoms with Gasteiger partial charge in [0.15, 0.2) is 0 Å². The van der Waals surface area contributed by atoms with Crippen LogP contribution in [0.2, 0.25) is 0 Å². The largest absolute Gasteiger partial charge is 0.272 e. The highest BCUT2D eigenvalue weighted by atomic mass is 35.5. The molecule has 1 aromatic rings. The molecule has 0 atom stereocenters. The van der Waals surface area contributed by atoms with Crippen LogP contribution in [-0.4, -0.2) is 10.8 Å². The second kappa shape index (κ2) is 4.82. The van der Waals surface area contributed by atoms with Crippen molar-refractivity contribution in [2.24, 2.45) is 0 Å². The Hall–Kier alpha value is -1.09. The molecule has 0 aromatic heterocycles. The standard InChI is InChI=1S/C9H10ClNO2/c10-7-3-5-8-4-1-2-6-9(8)11(12)13/h1-2,4,6H,3,5,7H2. The van der Waals surface area contributed by atoms with Gasteiger partial charge in [-0.15, -0.1) is 11.6 Å². The van der Waals surface area contributed by atoms with E-state index in [1.807, 2.05) is 0 Å². The Bertz CT molecular complexity index is 301. The normalized spacial score (nSPS) is 9.92. The minimum atomic E-state index is -0.358.